The number of aryl methyl sites for hydroxylation is 1. The first kappa shape index (κ1) is 19.4. The minimum Gasteiger partial charge on any atom is -0.462 e. The van der Waals surface area contributed by atoms with Gasteiger partial charge in [0.2, 0.25) is 0 Å². The van der Waals surface area contributed by atoms with Crippen molar-refractivity contribution < 1.29 is 23.9 Å². The van der Waals surface area contributed by atoms with Gasteiger partial charge in [-0.15, -0.1) is 0 Å². The maximum atomic E-state index is 12.1. The Morgan fingerprint density at radius 3 is 2.23 bits per heavy atom. The van der Waals surface area contributed by atoms with Gasteiger partial charge >= 0.3 is 17.9 Å². The van der Waals surface area contributed by atoms with Crippen LogP contribution in [0.25, 0.3) is 0 Å². The summed E-state index contributed by atoms with van der Waals surface area (Å²) in [5.41, 5.74) is 2.63. The molecule has 5 nitrogen and oxygen atoms in total. The number of benzene rings is 2. The predicted octanol–water partition coefficient (Wildman–Crippen LogP) is 3.74. The summed E-state index contributed by atoms with van der Waals surface area (Å²) in [6.07, 6.45) is 2.38. The molecular formula is C21H22O5. The smallest absolute Gasteiger partial charge is 0.346 e. The predicted molar refractivity (Wildman–Crippen MR) is 97.0 cm³/mol. The molecule has 0 radical (unpaired) electrons. The molecular weight excluding hydrogens is 332 g/mol. The lowest BCUT2D eigenvalue weighted by Crippen LogP contribution is -2.14. The van der Waals surface area contributed by atoms with E-state index >= 15 is 0 Å². The van der Waals surface area contributed by atoms with Gasteiger partial charge in [-0.3, -0.25) is 4.79 Å². The number of esters is 3. The number of carbonyl (C=O) groups excluding carboxylic acids is 3. The molecule has 0 amide bonds. The molecule has 0 fully saturated rings. The van der Waals surface area contributed by atoms with E-state index in [2.05, 4.69) is 11.7 Å². The van der Waals surface area contributed by atoms with E-state index in [0.717, 1.165) is 12.8 Å². The van der Waals surface area contributed by atoms with Crippen LogP contribution in [0.5, 0.6) is 0 Å². The van der Waals surface area contributed by atoms with Crippen LogP contribution in [0.15, 0.2) is 48.5 Å². The lowest BCUT2D eigenvalue weighted by atomic mass is 10.1. The molecule has 0 N–H and O–H groups in total. The zero-order valence-corrected chi connectivity index (χ0v) is 15.0. The second-order valence-corrected chi connectivity index (χ2v) is 5.87. The first-order valence-corrected chi connectivity index (χ1v) is 8.58. The SMILES string of the molecule is CCCc1ccc(C(=O)OCCc2ccccc2C(=O)OC(C)=O)cc1. The molecule has 0 aliphatic carbocycles. The van der Waals surface area contributed by atoms with Gasteiger partial charge in [-0.2, -0.15) is 0 Å². The van der Waals surface area contributed by atoms with Crippen LogP contribution in [0.4, 0.5) is 0 Å². The first-order chi connectivity index (χ1) is 12.5. The molecule has 0 heterocycles. The molecule has 26 heavy (non-hydrogen) atoms. The normalized spacial score (nSPS) is 10.2. The average Bonchev–Trinajstić information content (AvgIpc) is 2.62. The molecule has 0 saturated carbocycles. The molecule has 0 saturated heterocycles. The summed E-state index contributed by atoms with van der Waals surface area (Å²) >= 11 is 0. The third kappa shape index (κ3) is 5.55. The van der Waals surface area contributed by atoms with E-state index in [1.165, 1.54) is 12.5 Å². The van der Waals surface area contributed by atoms with Crippen molar-refractivity contribution in [1.29, 1.82) is 0 Å². The van der Waals surface area contributed by atoms with Crippen LogP contribution < -0.4 is 0 Å². The topological polar surface area (TPSA) is 69.7 Å². The molecule has 136 valence electrons. The molecule has 2 aromatic carbocycles. The quantitative estimate of drug-likeness (QED) is 0.559. The Bertz CT molecular complexity index is 777. The van der Waals surface area contributed by atoms with Gasteiger partial charge < -0.3 is 9.47 Å². The van der Waals surface area contributed by atoms with Crippen LogP contribution in [0.1, 0.15) is 52.1 Å². The molecule has 2 aromatic rings. The van der Waals surface area contributed by atoms with Crippen molar-refractivity contribution in [3.05, 3.63) is 70.8 Å². The Morgan fingerprint density at radius 1 is 0.885 bits per heavy atom. The highest BCUT2D eigenvalue weighted by atomic mass is 16.6. The van der Waals surface area contributed by atoms with Gasteiger partial charge in [0, 0.05) is 13.3 Å². The maximum absolute atomic E-state index is 12.1. The Kier molecular flexibility index (Phi) is 7.09. The highest BCUT2D eigenvalue weighted by molar-refractivity contribution is 5.97. The van der Waals surface area contributed by atoms with Gasteiger partial charge in [0.05, 0.1) is 17.7 Å². The monoisotopic (exact) mass is 354 g/mol. The van der Waals surface area contributed by atoms with Crippen LogP contribution in [-0.4, -0.2) is 24.5 Å². The van der Waals surface area contributed by atoms with E-state index < -0.39 is 17.9 Å². The number of hydrogen-bond acceptors (Lipinski definition) is 5. The molecule has 5 heteroatoms. The fraction of sp³-hybridized carbons (Fsp3) is 0.286. The maximum Gasteiger partial charge on any atom is 0.346 e. The molecule has 0 aliphatic rings. The van der Waals surface area contributed by atoms with Crippen LogP contribution in [0, 0.1) is 0 Å². The summed E-state index contributed by atoms with van der Waals surface area (Å²) in [5, 5.41) is 0. The zero-order valence-electron chi connectivity index (χ0n) is 15.0. The van der Waals surface area contributed by atoms with Crippen molar-refractivity contribution in [3.8, 4) is 0 Å². The van der Waals surface area contributed by atoms with E-state index in [1.54, 1.807) is 36.4 Å². The minimum absolute atomic E-state index is 0.125. The highest BCUT2D eigenvalue weighted by Crippen LogP contribution is 2.13. The third-order valence-corrected chi connectivity index (χ3v) is 3.81. The molecule has 0 unspecified atom stereocenters. The van der Waals surface area contributed by atoms with E-state index in [0.29, 0.717) is 23.1 Å². The van der Waals surface area contributed by atoms with Crippen molar-refractivity contribution in [2.24, 2.45) is 0 Å². The summed E-state index contributed by atoms with van der Waals surface area (Å²) in [6, 6.07) is 14.1. The van der Waals surface area contributed by atoms with E-state index in [9.17, 15) is 14.4 Å². The standard InChI is InChI=1S/C21H22O5/c1-3-6-16-9-11-18(12-10-16)20(23)25-14-13-17-7-4-5-8-19(17)21(24)26-15(2)22/h4-5,7-12H,3,6,13-14H2,1-2H3. The van der Waals surface area contributed by atoms with Gasteiger partial charge in [-0.1, -0.05) is 43.7 Å². The molecule has 0 aromatic heterocycles. The highest BCUT2D eigenvalue weighted by Gasteiger charge is 2.15. The summed E-state index contributed by atoms with van der Waals surface area (Å²) in [5.74, 6) is -1.77. The van der Waals surface area contributed by atoms with Gasteiger partial charge in [-0.05, 0) is 35.7 Å². The third-order valence-electron chi connectivity index (χ3n) is 3.81. The summed E-state index contributed by atoms with van der Waals surface area (Å²) < 4.78 is 9.91. The number of hydrogen-bond donors (Lipinski definition) is 0. The zero-order chi connectivity index (χ0) is 18.9. The number of rotatable bonds is 7. The van der Waals surface area contributed by atoms with Crippen molar-refractivity contribution >= 4 is 17.9 Å². The summed E-state index contributed by atoms with van der Waals surface area (Å²) in [6.45, 7) is 3.40. The lowest BCUT2D eigenvalue weighted by Gasteiger charge is -2.09. The Balaban J connectivity index is 1.94. The lowest BCUT2D eigenvalue weighted by molar-refractivity contribution is -0.135. The fourth-order valence-electron chi connectivity index (χ4n) is 2.56. The van der Waals surface area contributed by atoms with Crippen molar-refractivity contribution in [3.63, 3.8) is 0 Å². The van der Waals surface area contributed by atoms with Crippen molar-refractivity contribution in [2.75, 3.05) is 6.61 Å². The molecule has 0 atom stereocenters. The second-order valence-electron chi connectivity index (χ2n) is 5.87. The van der Waals surface area contributed by atoms with Crippen molar-refractivity contribution in [2.45, 2.75) is 33.1 Å². The Morgan fingerprint density at radius 2 is 1.58 bits per heavy atom. The van der Waals surface area contributed by atoms with E-state index in [1.807, 2.05) is 12.1 Å². The fourth-order valence-corrected chi connectivity index (χ4v) is 2.56. The van der Waals surface area contributed by atoms with E-state index in [4.69, 9.17) is 4.74 Å². The first-order valence-electron chi connectivity index (χ1n) is 8.58. The molecule has 0 bridgehead atoms. The van der Waals surface area contributed by atoms with Gasteiger partial charge in [0.15, 0.2) is 0 Å². The van der Waals surface area contributed by atoms with Gasteiger partial charge in [-0.25, -0.2) is 9.59 Å². The molecule has 0 spiro atoms. The van der Waals surface area contributed by atoms with Crippen LogP contribution >= 0.6 is 0 Å². The van der Waals surface area contributed by atoms with Crippen molar-refractivity contribution in [1.82, 2.24) is 0 Å². The van der Waals surface area contributed by atoms with Gasteiger partial charge in [0.1, 0.15) is 0 Å². The summed E-state index contributed by atoms with van der Waals surface area (Å²) in [7, 11) is 0. The van der Waals surface area contributed by atoms with Crippen LogP contribution in [0.2, 0.25) is 0 Å². The van der Waals surface area contributed by atoms with E-state index in [-0.39, 0.29) is 6.61 Å². The number of carbonyl (C=O) groups is 3. The molecule has 0 aliphatic heterocycles. The largest absolute Gasteiger partial charge is 0.462 e. The molecule has 2 rings (SSSR count). The Labute approximate surface area is 152 Å². The Hall–Kier alpha value is -2.95. The average molecular weight is 354 g/mol. The summed E-state index contributed by atoms with van der Waals surface area (Å²) in [4.78, 5) is 35.0. The van der Waals surface area contributed by atoms with Gasteiger partial charge in [0.25, 0.3) is 0 Å². The van der Waals surface area contributed by atoms with Crippen LogP contribution in [-0.2, 0) is 27.1 Å². The second kappa shape index (κ2) is 9.51. The minimum atomic E-state index is -0.703. The van der Waals surface area contributed by atoms with Crippen LogP contribution in [0.3, 0.4) is 0 Å². The number of ether oxygens (including phenoxy) is 2.